The summed E-state index contributed by atoms with van der Waals surface area (Å²) in [4.78, 5) is 12.8. The normalized spacial score (nSPS) is 18.3. The Labute approximate surface area is 149 Å². The van der Waals surface area contributed by atoms with Crippen molar-refractivity contribution in [3.05, 3.63) is 52.8 Å². The third-order valence-electron chi connectivity index (χ3n) is 5.77. The minimum absolute atomic E-state index is 0.00228. The number of nitrogens with zero attached hydrogens (tertiary/aromatic N) is 1. The Hall–Kier alpha value is -2.07. The molecule has 1 saturated heterocycles. The van der Waals surface area contributed by atoms with Gasteiger partial charge >= 0.3 is 0 Å². The molecule has 1 aromatic heterocycles. The molecule has 0 unspecified atom stereocenters. The number of amides is 1. The predicted molar refractivity (Wildman–Crippen MR) is 101 cm³/mol. The average molecular weight is 337 g/mol. The van der Waals surface area contributed by atoms with Gasteiger partial charge < -0.3 is 15.2 Å². The number of benzene rings is 1. The average Bonchev–Trinajstić information content (AvgIpc) is 3.43. The zero-order valence-electron chi connectivity index (χ0n) is 15.1. The first-order valence-electron chi connectivity index (χ1n) is 9.41. The molecule has 25 heavy (non-hydrogen) atoms. The van der Waals surface area contributed by atoms with Gasteiger partial charge in [0.2, 0.25) is 0 Å². The molecule has 2 fully saturated rings. The van der Waals surface area contributed by atoms with Gasteiger partial charge in [0.25, 0.3) is 5.91 Å². The molecule has 1 amide bonds. The van der Waals surface area contributed by atoms with Gasteiger partial charge in [-0.3, -0.25) is 4.79 Å². The molecule has 1 saturated carbocycles. The van der Waals surface area contributed by atoms with Gasteiger partial charge in [-0.2, -0.15) is 0 Å². The first kappa shape index (κ1) is 16.4. The largest absolute Gasteiger partial charge is 0.351 e. The van der Waals surface area contributed by atoms with Crippen molar-refractivity contribution < 1.29 is 4.79 Å². The molecule has 4 rings (SSSR count). The van der Waals surface area contributed by atoms with Crippen molar-refractivity contribution in [2.24, 2.45) is 7.05 Å². The van der Waals surface area contributed by atoms with Crippen LogP contribution in [0.15, 0.2) is 30.3 Å². The van der Waals surface area contributed by atoms with E-state index < -0.39 is 0 Å². The van der Waals surface area contributed by atoms with E-state index in [9.17, 15) is 4.79 Å². The SMILES string of the molecule is Cc1c(C(=O)Nc2cccc(C3CCNCC3)c2)cc(C2CC2)n1C. The lowest BCUT2D eigenvalue weighted by Crippen LogP contribution is -2.26. The molecule has 0 bridgehead atoms. The van der Waals surface area contributed by atoms with Crippen molar-refractivity contribution in [2.75, 3.05) is 18.4 Å². The second-order valence-corrected chi connectivity index (χ2v) is 7.51. The highest BCUT2D eigenvalue weighted by molar-refractivity contribution is 6.05. The van der Waals surface area contributed by atoms with Crippen LogP contribution in [-0.2, 0) is 7.05 Å². The lowest BCUT2D eigenvalue weighted by atomic mass is 9.90. The Bertz CT molecular complexity index is 782. The highest BCUT2D eigenvalue weighted by atomic mass is 16.1. The van der Waals surface area contributed by atoms with Crippen molar-refractivity contribution in [1.29, 1.82) is 0 Å². The van der Waals surface area contributed by atoms with E-state index in [0.29, 0.717) is 11.8 Å². The smallest absolute Gasteiger partial charge is 0.257 e. The van der Waals surface area contributed by atoms with Gasteiger partial charge in [0.15, 0.2) is 0 Å². The molecule has 0 radical (unpaired) electrons. The molecular formula is C21H27N3O. The maximum atomic E-state index is 12.8. The number of anilines is 1. The van der Waals surface area contributed by atoms with E-state index >= 15 is 0 Å². The topological polar surface area (TPSA) is 46.1 Å². The lowest BCUT2D eigenvalue weighted by molar-refractivity contribution is 0.102. The van der Waals surface area contributed by atoms with Crippen LogP contribution < -0.4 is 10.6 Å². The second-order valence-electron chi connectivity index (χ2n) is 7.51. The van der Waals surface area contributed by atoms with Crippen LogP contribution >= 0.6 is 0 Å². The molecule has 0 spiro atoms. The maximum absolute atomic E-state index is 12.8. The summed E-state index contributed by atoms with van der Waals surface area (Å²) in [6.07, 6.45) is 4.83. The van der Waals surface area contributed by atoms with Gasteiger partial charge in [-0.05, 0) is 81.3 Å². The summed E-state index contributed by atoms with van der Waals surface area (Å²) in [7, 11) is 2.07. The molecule has 2 N–H and O–H groups in total. The van der Waals surface area contributed by atoms with E-state index in [0.717, 1.165) is 30.0 Å². The van der Waals surface area contributed by atoms with Crippen LogP contribution in [0.1, 0.15) is 64.8 Å². The molecule has 132 valence electrons. The van der Waals surface area contributed by atoms with Crippen LogP contribution in [0.4, 0.5) is 5.69 Å². The van der Waals surface area contributed by atoms with Crippen molar-refractivity contribution in [2.45, 2.75) is 44.4 Å². The van der Waals surface area contributed by atoms with E-state index in [1.165, 1.54) is 36.9 Å². The number of carbonyl (C=O) groups excluding carboxylic acids is 1. The van der Waals surface area contributed by atoms with Crippen molar-refractivity contribution in [1.82, 2.24) is 9.88 Å². The summed E-state index contributed by atoms with van der Waals surface area (Å²) < 4.78 is 2.18. The van der Waals surface area contributed by atoms with Crippen molar-refractivity contribution >= 4 is 11.6 Å². The zero-order valence-corrected chi connectivity index (χ0v) is 15.1. The van der Waals surface area contributed by atoms with E-state index in [2.05, 4.69) is 46.5 Å². The van der Waals surface area contributed by atoms with Crippen LogP contribution in [0.2, 0.25) is 0 Å². The van der Waals surface area contributed by atoms with Crippen LogP contribution in [0, 0.1) is 6.92 Å². The van der Waals surface area contributed by atoms with Crippen LogP contribution in [0.3, 0.4) is 0 Å². The molecule has 2 aromatic rings. The van der Waals surface area contributed by atoms with Gasteiger partial charge in [0.05, 0.1) is 5.56 Å². The fraction of sp³-hybridized carbons (Fsp3) is 0.476. The molecule has 2 aliphatic rings. The fourth-order valence-electron chi connectivity index (χ4n) is 3.95. The molecule has 4 heteroatoms. The molecule has 1 aromatic carbocycles. The number of hydrogen-bond acceptors (Lipinski definition) is 2. The fourth-order valence-corrected chi connectivity index (χ4v) is 3.95. The number of hydrogen-bond donors (Lipinski definition) is 2. The first-order valence-corrected chi connectivity index (χ1v) is 9.41. The summed E-state index contributed by atoms with van der Waals surface area (Å²) in [6, 6.07) is 10.5. The van der Waals surface area contributed by atoms with Crippen molar-refractivity contribution in [3.63, 3.8) is 0 Å². The summed E-state index contributed by atoms with van der Waals surface area (Å²) in [5.74, 6) is 1.24. The summed E-state index contributed by atoms with van der Waals surface area (Å²) in [6.45, 7) is 4.19. The minimum atomic E-state index is 0.00228. The van der Waals surface area contributed by atoms with Gasteiger partial charge in [-0.25, -0.2) is 0 Å². The monoisotopic (exact) mass is 337 g/mol. The predicted octanol–water partition coefficient (Wildman–Crippen LogP) is 3.93. The quantitative estimate of drug-likeness (QED) is 0.888. The van der Waals surface area contributed by atoms with Crippen LogP contribution in [-0.4, -0.2) is 23.6 Å². The molecule has 0 atom stereocenters. The van der Waals surface area contributed by atoms with Crippen LogP contribution in [0.5, 0.6) is 0 Å². The molecule has 1 aliphatic heterocycles. The van der Waals surface area contributed by atoms with Gasteiger partial charge in [0, 0.05) is 24.1 Å². The Morgan fingerprint density at radius 2 is 1.88 bits per heavy atom. The highest BCUT2D eigenvalue weighted by Gasteiger charge is 2.29. The highest BCUT2D eigenvalue weighted by Crippen LogP contribution is 2.41. The Kier molecular flexibility index (Phi) is 4.38. The van der Waals surface area contributed by atoms with Gasteiger partial charge in [-0.15, -0.1) is 0 Å². The summed E-state index contributed by atoms with van der Waals surface area (Å²) in [5, 5.41) is 6.52. The van der Waals surface area contributed by atoms with Crippen LogP contribution in [0.25, 0.3) is 0 Å². The molecule has 4 nitrogen and oxygen atoms in total. The first-order chi connectivity index (χ1) is 12.1. The summed E-state index contributed by atoms with van der Waals surface area (Å²) in [5.41, 5.74) is 5.39. The maximum Gasteiger partial charge on any atom is 0.257 e. The lowest BCUT2D eigenvalue weighted by Gasteiger charge is -2.23. The third-order valence-corrected chi connectivity index (χ3v) is 5.77. The molecule has 2 heterocycles. The second kappa shape index (κ2) is 6.68. The summed E-state index contributed by atoms with van der Waals surface area (Å²) >= 11 is 0. The number of aromatic nitrogens is 1. The van der Waals surface area contributed by atoms with Gasteiger partial charge in [0.1, 0.15) is 0 Å². The van der Waals surface area contributed by atoms with E-state index in [-0.39, 0.29) is 5.91 Å². The zero-order chi connectivity index (χ0) is 17.4. The van der Waals surface area contributed by atoms with Gasteiger partial charge in [-0.1, -0.05) is 12.1 Å². The van der Waals surface area contributed by atoms with Crippen molar-refractivity contribution in [3.8, 4) is 0 Å². The molecular weight excluding hydrogens is 310 g/mol. The third kappa shape index (κ3) is 3.36. The number of rotatable bonds is 4. The van der Waals surface area contributed by atoms with E-state index in [4.69, 9.17) is 0 Å². The molecule has 1 aliphatic carbocycles. The minimum Gasteiger partial charge on any atom is -0.351 e. The van der Waals surface area contributed by atoms with E-state index in [1.807, 2.05) is 13.0 Å². The Morgan fingerprint density at radius 1 is 1.12 bits per heavy atom. The number of carbonyl (C=O) groups is 1. The number of piperidine rings is 1. The Balaban J connectivity index is 1.52. The van der Waals surface area contributed by atoms with E-state index in [1.54, 1.807) is 0 Å². The standard InChI is InChI=1S/C21H27N3O/c1-14-19(13-20(24(14)2)16-6-7-16)21(25)23-18-5-3-4-17(12-18)15-8-10-22-11-9-15/h3-5,12-13,15-16,22H,6-11H2,1-2H3,(H,23,25). The number of nitrogens with one attached hydrogen (secondary N) is 2. The Morgan fingerprint density at radius 3 is 2.60 bits per heavy atom.